The van der Waals surface area contributed by atoms with Crippen LogP contribution in [0.2, 0.25) is 0 Å². The first-order valence-electron chi connectivity index (χ1n) is 4.77. The zero-order chi connectivity index (χ0) is 11.6. The Labute approximate surface area is 87.4 Å². The number of carbonyl (C=O) groups is 3. The molecule has 82 valence electrons. The van der Waals surface area contributed by atoms with Gasteiger partial charge in [0.15, 0.2) is 0 Å². The van der Waals surface area contributed by atoms with E-state index in [4.69, 9.17) is 5.11 Å². The molecule has 5 heteroatoms. The standard InChI is InChI=1S/C10H13NO4/c1-3-6(2)9(10(14)15)11-7(12)4-5-8(11)13/h4-6,9H,3H2,1-2H3,(H,14,15)/t6-,9-/m0/s1. The zero-order valence-corrected chi connectivity index (χ0v) is 8.64. The summed E-state index contributed by atoms with van der Waals surface area (Å²) in [6.45, 7) is 3.52. The Morgan fingerprint density at radius 2 is 1.87 bits per heavy atom. The number of nitrogens with zero attached hydrogens (tertiary/aromatic N) is 1. The van der Waals surface area contributed by atoms with Crippen LogP contribution in [0.15, 0.2) is 12.2 Å². The van der Waals surface area contributed by atoms with Crippen LogP contribution < -0.4 is 0 Å². The van der Waals surface area contributed by atoms with Crippen molar-refractivity contribution in [2.75, 3.05) is 0 Å². The fourth-order valence-corrected chi connectivity index (χ4v) is 1.52. The molecule has 0 aromatic heterocycles. The maximum Gasteiger partial charge on any atom is 0.327 e. The average Bonchev–Trinajstić information content (AvgIpc) is 2.49. The molecule has 0 fully saturated rings. The van der Waals surface area contributed by atoms with Crippen molar-refractivity contribution in [2.45, 2.75) is 26.3 Å². The number of carbonyl (C=O) groups excluding carboxylic acids is 2. The lowest BCUT2D eigenvalue weighted by Gasteiger charge is -2.26. The maximum atomic E-state index is 11.3. The van der Waals surface area contributed by atoms with Gasteiger partial charge in [-0.3, -0.25) is 14.5 Å². The van der Waals surface area contributed by atoms with Gasteiger partial charge in [-0.25, -0.2) is 4.79 Å². The highest BCUT2D eigenvalue weighted by Crippen LogP contribution is 2.19. The molecule has 5 nitrogen and oxygen atoms in total. The van der Waals surface area contributed by atoms with Crippen LogP contribution in [-0.4, -0.2) is 33.8 Å². The van der Waals surface area contributed by atoms with Crippen LogP contribution in [0, 0.1) is 5.92 Å². The maximum absolute atomic E-state index is 11.3. The first kappa shape index (κ1) is 11.4. The molecule has 0 saturated heterocycles. The average molecular weight is 211 g/mol. The van der Waals surface area contributed by atoms with E-state index in [9.17, 15) is 14.4 Å². The molecule has 0 saturated carbocycles. The van der Waals surface area contributed by atoms with Gasteiger partial charge >= 0.3 is 5.97 Å². The number of carboxylic acids is 1. The molecule has 2 atom stereocenters. The molecule has 0 bridgehead atoms. The number of rotatable bonds is 4. The van der Waals surface area contributed by atoms with E-state index in [1.54, 1.807) is 6.92 Å². The molecule has 0 unspecified atom stereocenters. The molecule has 0 radical (unpaired) electrons. The third-order valence-electron chi connectivity index (χ3n) is 2.56. The Morgan fingerprint density at radius 3 is 2.20 bits per heavy atom. The minimum atomic E-state index is -1.14. The number of aliphatic carboxylic acids is 1. The summed E-state index contributed by atoms with van der Waals surface area (Å²) in [4.78, 5) is 34.4. The lowest BCUT2D eigenvalue weighted by atomic mass is 9.98. The summed E-state index contributed by atoms with van der Waals surface area (Å²) >= 11 is 0. The predicted octanol–water partition coefficient (Wildman–Crippen LogP) is 0.411. The van der Waals surface area contributed by atoms with Gasteiger partial charge in [-0.05, 0) is 5.92 Å². The summed E-state index contributed by atoms with van der Waals surface area (Å²) in [7, 11) is 0. The Morgan fingerprint density at radius 1 is 1.40 bits per heavy atom. The number of imide groups is 1. The molecule has 15 heavy (non-hydrogen) atoms. The van der Waals surface area contributed by atoms with E-state index < -0.39 is 23.8 Å². The van der Waals surface area contributed by atoms with Crippen molar-refractivity contribution in [2.24, 2.45) is 5.92 Å². The van der Waals surface area contributed by atoms with Crippen LogP contribution in [-0.2, 0) is 14.4 Å². The third kappa shape index (κ3) is 2.06. The van der Waals surface area contributed by atoms with E-state index in [0.29, 0.717) is 6.42 Å². The van der Waals surface area contributed by atoms with Crippen LogP contribution >= 0.6 is 0 Å². The third-order valence-corrected chi connectivity index (χ3v) is 2.56. The van der Waals surface area contributed by atoms with Crippen molar-refractivity contribution in [1.82, 2.24) is 4.90 Å². The van der Waals surface area contributed by atoms with Crippen molar-refractivity contribution in [3.63, 3.8) is 0 Å². The minimum Gasteiger partial charge on any atom is -0.480 e. The number of hydrogen-bond acceptors (Lipinski definition) is 3. The molecular weight excluding hydrogens is 198 g/mol. The topological polar surface area (TPSA) is 74.7 Å². The van der Waals surface area contributed by atoms with Crippen molar-refractivity contribution in [3.8, 4) is 0 Å². The Hall–Kier alpha value is -1.65. The van der Waals surface area contributed by atoms with Crippen molar-refractivity contribution >= 4 is 17.8 Å². The largest absolute Gasteiger partial charge is 0.480 e. The van der Waals surface area contributed by atoms with Gasteiger partial charge in [0.1, 0.15) is 6.04 Å². The summed E-state index contributed by atoms with van der Waals surface area (Å²) in [5, 5.41) is 9.00. The van der Waals surface area contributed by atoms with E-state index in [0.717, 1.165) is 17.1 Å². The van der Waals surface area contributed by atoms with E-state index in [-0.39, 0.29) is 5.92 Å². The number of carboxylic acid groups (broad SMARTS) is 1. The monoisotopic (exact) mass is 211 g/mol. The lowest BCUT2D eigenvalue weighted by molar-refractivity contribution is -0.155. The molecule has 1 aliphatic heterocycles. The van der Waals surface area contributed by atoms with E-state index >= 15 is 0 Å². The van der Waals surface area contributed by atoms with Crippen molar-refractivity contribution in [3.05, 3.63) is 12.2 Å². The van der Waals surface area contributed by atoms with Gasteiger partial charge in [-0.1, -0.05) is 20.3 Å². The highest BCUT2D eigenvalue weighted by Gasteiger charge is 2.38. The van der Waals surface area contributed by atoms with Crippen LogP contribution in [0.4, 0.5) is 0 Å². The summed E-state index contributed by atoms with van der Waals surface area (Å²) in [5.74, 6) is -2.49. The minimum absolute atomic E-state index is 0.254. The van der Waals surface area contributed by atoms with Crippen LogP contribution in [0.1, 0.15) is 20.3 Å². The Balaban J connectivity index is 2.95. The van der Waals surface area contributed by atoms with Gasteiger partial charge in [0.25, 0.3) is 11.8 Å². The van der Waals surface area contributed by atoms with Crippen molar-refractivity contribution in [1.29, 1.82) is 0 Å². The summed E-state index contributed by atoms with van der Waals surface area (Å²) in [5.41, 5.74) is 0. The quantitative estimate of drug-likeness (QED) is 0.683. The van der Waals surface area contributed by atoms with Crippen LogP contribution in [0.3, 0.4) is 0 Å². The fraction of sp³-hybridized carbons (Fsp3) is 0.500. The first-order chi connectivity index (χ1) is 6.99. The first-order valence-corrected chi connectivity index (χ1v) is 4.77. The highest BCUT2D eigenvalue weighted by atomic mass is 16.4. The second-order valence-corrected chi connectivity index (χ2v) is 3.55. The Kier molecular flexibility index (Phi) is 3.24. The van der Waals surface area contributed by atoms with Gasteiger partial charge in [0, 0.05) is 12.2 Å². The molecule has 1 aliphatic rings. The normalized spacial score (nSPS) is 19.5. The summed E-state index contributed by atoms with van der Waals surface area (Å²) in [6.07, 6.45) is 2.79. The van der Waals surface area contributed by atoms with Gasteiger partial charge in [-0.15, -0.1) is 0 Å². The molecule has 1 rings (SSSR count). The summed E-state index contributed by atoms with van der Waals surface area (Å²) in [6, 6.07) is -1.06. The molecule has 0 spiro atoms. The van der Waals surface area contributed by atoms with Gasteiger partial charge < -0.3 is 5.11 Å². The molecule has 2 amide bonds. The van der Waals surface area contributed by atoms with Gasteiger partial charge in [0.05, 0.1) is 0 Å². The van der Waals surface area contributed by atoms with Crippen molar-refractivity contribution < 1.29 is 19.5 Å². The fourth-order valence-electron chi connectivity index (χ4n) is 1.52. The van der Waals surface area contributed by atoms with Crippen LogP contribution in [0.25, 0.3) is 0 Å². The SMILES string of the molecule is CC[C@H](C)[C@@H](C(=O)O)N1C(=O)C=CC1=O. The number of amides is 2. The molecule has 0 aromatic carbocycles. The molecular formula is C10H13NO4. The molecule has 0 aromatic rings. The lowest BCUT2D eigenvalue weighted by Crippen LogP contribution is -2.48. The molecule has 1 N–H and O–H groups in total. The van der Waals surface area contributed by atoms with Gasteiger partial charge in [-0.2, -0.15) is 0 Å². The molecule has 0 aliphatic carbocycles. The molecule has 1 heterocycles. The summed E-state index contributed by atoms with van der Waals surface area (Å²) < 4.78 is 0. The number of hydrogen-bond donors (Lipinski definition) is 1. The predicted molar refractivity (Wildman–Crippen MR) is 51.9 cm³/mol. The van der Waals surface area contributed by atoms with Crippen LogP contribution in [0.5, 0.6) is 0 Å². The second-order valence-electron chi connectivity index (χ2n) is 3.55. The van der Waals surface area contributed by atoms with Gasteiger partial charge in [0.2, 0.25) is 0 Å². The van der Waals surface area contributed by atoms with E-state index in [1.165, 1.54) is 0 Å². The highest BCUT2D eigenvalue weighted by molar-refractivity contribution is 6.14. The van der Waals surface area contributed by atoms with E-state index in [1.807, 2.05) is 6.92 Å². The smallest absolute Gasteiger partial charge is 0.327 e. The second kappa shape index (κ2) is 4.25. The zero-order valence-electron chi connectivity index (χ0n) is 8.64. The Bertz CT molecular complexity index is 316. The van der Waals surface area contributed by atoms with E-state index in [2.05, 4.69) is 0 Å².